The summed E-state index contributed by atoms with van der Waals surface area (Å²) in [5.41, 5.74) is 1.26. The zero-order valence-corrected chi connectivity index (χ0v) is 14.3. The molecule has 0 aromatic rings. The Labute approximate surface area is 139 Å². The van der Waals surface area contributed by atoms with Crippen molar-refractivity contribution in [1.29, 1.82) is 0 Å². The van der Waals surface area contributed by atoms with E-state index in [2.05, 4.69) is 37.9 Å². The Morgan fingerprint density at radius 2 is 2.00 bits per heavy atom. The van der Waals surface area contributed by atoms with Crippen molar-refractivity contribution in [1.82, 2.24) is 5.32 Å². The van der Waals surface area contributed by atoms with Crippen molar-refractivity contribution in [3.63, 3.8) is 0 Å². The average molecular weight is 315 g/mol. The molecule has 0 amide bonds. The second kappa shape index (κ2) is 4.87. The zero-order chi connectivity index (χ0) is 16.4. The van der Waals surface area contributed by atoms with Crippen molar-refractivity contribution in [3.05, 3.63) is 24.4 Å². The van der Waals surface area contributed by atoms with E-state index < -0.39 is 5.97 Å². The molecule has 0 spiro atoms. The summed E-state index contributed by atoms with van der Waals surface area (Å²) >= 11 is 0. The Bertz CT molecular complexity index is 582. The molecule has 3 saturated carbocycles. The van der Waals surface area contributed by atoms with E-state index in [4.69, 9.17) is 0 Å². The lowest BCUT2D eigenvalue weighted by atomic mass is 9.48. The Kier molecular flexibility index (Phi) is 3.24. The third-order valence-electron chi connectivity index (χ3n) is 8.08. The summed E-state index contributed by atoms with van der Waals surface area (Å²) in [4.78, 5) is 11.7. The van der Waals surface area contributed by atoms with Gasteiger partial charge in [-0.05, 0) is 67.8 Å². The maximum absolute atomic E-state index is 11.7. The molecule has 0 unspecified atom stereocenters. The van der Waals surface area contributed by atoms with Crippen LogP contribution in [0.1, 0.15) is 52.4 Å². The van der Waals surface area contributed by atoms with E-state index in [1.54, 1.807) is 0 Å². The molecule has 0 aromatic carbocycles. The predicted octanol–water partition coefficient (Wildman–Crippen LogP) is 3.97. The number of carboxylic acid groups (broad SMARTS) is 1. The predicted molar refractivity (Wildman–Crippen MR) is 90.7 cm³/mol. The number of carbonyl (C=O) groups is 1. The fourth-order valence-corrected chi connectivity index (χ4v) is 6.82. The minimum Gasteiger partial charge on any atom is -0.481 e. The monoisotopic (exact) mass is 315 g/mol. The van der Waals surface area contributed by atoms with Crippen molar-refractivity contribution in [2.45, 2.75) is 58.4 Å². The van der Waals surface area contributed by atoms with Gasteiger partial charge in [0.15, 0.2) is 0 Å². The molecule has 23 heavy (non-hydrogen) atoms. The fourth-order valence-electron chi connectivity index (χ4n) is 6.82. The van der Waals surface area contributed by atoms with Gasteiger partial charge in [0, 0.05) is 17.2 Å². The smallest absolute Gasteiger partial charge is 0.307 e. The Hall–Kier alpha value is -1.25. The molecule has 0 aromatic heterocycles. The summed E-state index contributed by atoms with van der Waals surface area (Å²) in [5, 5.41) is 13.3. The van der Waals surface area contributed by atoms with E-state index in [-0.39, 0.29) is 16.7 Å². The third-order valence-corrected chi connectivity index (χ3v) is 8.08. The quantitative estimate of drug-likeness (QED) is 0.770. The first kappa shape index (κ1) is 15.3. The SMILES string of the molecule is C=C1C=C[C@@]2(C)[C@@H](CC[C@@H]3[C@@H]2CC[C@]2(C)[C@@H](C(=O)O)CC[C@@H]32)N1. The van der Waals surface area contributed by atoms with Crippen LogP contribution in [0.4, 0.5) is 0 Å². The minimum absolute atomic E-state index is 0.0194. The van der Waals surface area contributed by atoms with E-state index in [1.165, 1.54) is 19.3 Å². The van der Waals surface area contributed by atoms with Crippen LogP contribution in [0.25, 0.3) is 0 Å². The first-order valence-electron chi connectivity index (χ1n) is 9.24. The number of hydrogen-bond acceptors (Lipinski definition) is 2. The largest absolute Gasteiger partial charge is 0.481 e. The van der Waals surface area contributed by atoms with Gasteiger partial charge in [-0.2, -0.15) is 0 Å². The van der Waals surface area contributed by atoms with Crippen LogP contribution in [0.3, 0.4) is 0 Å². The van der Waals surface area contributed by atoms with Gasteiger partial charge in [0.05, 0.1) is 5.92 Å². The van der Waals surface area contributed by atoms with Gasteiger partial charge < -0.3 is 10.4 Å². The highest BCUT2D eigenvalue weighted by molar-refractivity contribution is 5.71. The highest BCUT2D eigenvalue weighted by Gasteiger charge is 2.60. The van der Waals surface area contributed by atoms with Crippen LogP contribution < -0.4 is 5.32 Å². The fraction of sp³-hybridized carbons (Fsp3) is 0.750. The van der Waals surface area contributed by atoms with Gasteiger partial charge in [-0.25, -0.2) is 0 Å². The Morgan fingerprint density at radius 3 is 2.74 bits per heavy atom. The first-order chi connectivity index (χ1) is 10.9. The van der Waals surface area contributed by atoms with Gasteiger partial charge in [0.1, 0.15) is 0 Å². The molecule has 126 valence electrons. The topological polar surface area (TPSA) is 49.3 Å². The number of carboxylic acids is 1. The van der Waals surface area contributed by atoms with Crippen LogP contribution in [0.2, 0.25) is 0 Å². The summed E-state index contributed by atoms with van der Waals surface area (Å²) in [6, 6.07) is 0.502. The van der Waals surface area contributed by atoms with E-state index >= 15 is 0 Å². The molecule has 1 heterocycles. The summed E-state index contributed by atoms with van der Waals surface area (Å²) < 4.78 is 0. The number of nitrogens with one attached hydrogen (secondary N) is 1. The maximum Gasteiger partial charge on any atom is 0.307 e. The molecule has 4 rings (SSSR count). The highest BCUT2D eigenvalue weighted by Crippen LogP contribution is 2.65. The number of aliphatic carboxylic acids is 1. The molecule has 3 nitrogen and oxygen atoms in total. The van der Waals surface area contributed by atoms with Gasteiger partial charge in [0.25, 0.3) is 0 Å². The lowest BCUT2D eigenvalue weighted by Gasteiger charge is -2.59. The van der Waals surface area contributed by atoms with E-state index in [0.717, 1.165) is 25.0 Å². The van der Waals surface area contributed by atoms with Crippen LogP contribution in [0.5, 0.6) is 0 Å². The summed E-state index contributed by atoms with van der Waals surface area (Å²) in [7, 11) is 0. The molecule has 0 radical (unpaired) electrons. The van der Waals surface area contributed by atoms with Crippen molar-refractivity contribution in [2.24, 2.45) is 34.5 Å². The standard InChI is InChI=1S/C20H29NO2/c1-12-8-10-20(3)15-9-11-19(2)14(5-6-16(19)18(22)23)13(15)4-7-17(20)21-12/h8,10,13-17,21H,1,4-7,9,11H2,2-3H3,(H,22,23)/t13-,14-,15-,16+,17+,19-,20+/m0/s1. The van der Waals surface area contributed by atoms with Gasteiger partial charge in [-0.3, -0.25) is 4.79 Å². The van der Waals surface area contributed by atoms with E-state index in [1.807, 2.05) is 0 Å². The van der Waals surface area contributed by atoms with Crippen molar-refractivity contribution < 1.29 is 9.90 Å². The van der Waals surface area contributed by atoms with E-state index in [9.17, 15) is 9.90 Å². The molecule has 1 aliphatic heterocycles. The molecule has 3 fully saturated rings. The number of allylic oxidation sites excluding steroid dienone is 1. The van der Waals surface area contributed by atoms with Gasteiger partial charge in [-0.1, -0.05) is 26.5 Å². The molecule has 2 N–H and O–H groups in total. The second-order valence-corrected chi connectivity index (χ2v) is 8.89. The molecule has 3 heteroatoms. The van der Waals surface area contributed by atoms with Gasteiger partial charge in [0.2, 0.25) is 0 Å². The molecule has 4 aliphatic rings. The summed E-state index contributed by atoms with van der Waals surface area (Å²) in [6.07, 6.45) is 11.2. The van der Waals surface area contributed by atoms with Crippen LogP contribution in [0.15, 0.2) is 24.4 Å². The van der Waals surface area contributed by atoms with E-state index in [0.29, 0.717) is 23.8 Å². The van der Waals surface area contributed by atoms with Crippen molar-refractivity contribution in [3.8, 4) is 0 Å². The maximum atomic E-state index is 11.7. The van der Waals surface area contributed by atoms with Crippen molar-refractivity contribution >= 4 is 5.97 Å². The number of rotatable bonds is 1. The average Bonchev–Trinajstić information content (AvgIpc) is 2.85. The number of fused-ring (bicyclic) bond motifs is 5. The second-order valence-electron chi connectivity index (χ2n) is 8.89. The van der Waals surface area contributed by atoms with Crippen LogP contribution in [0, 0.1) is 34.5 Å². The first-order valence-corrected chi connectivity index (χ1v) is 9.24. The normalized spacial score (nSPS) is 51.4. The summed E-state index contributed by atoms with van der Waals surface area (Å²) in [6.45, 7) is 8.75. The number of hydrogen-bond donors (Lipinski definition) is 2. The summed E-state index contributed by atoms with van der Waals surface area (Å²) in [5.74, 6) is 1.28. The molecule has 0 bridgehead atoms. The Morgan fingerprint density at radius 1 is 1.22 bits per heavy atom. The molecule has 3 aliphatic carbocycles. The minimum atomic E-state index is -0.566. The highest BCUT2D eigenvalue weighted by atomic mass is 16.4. The van der Waals surface area contributed by atoms with Crippen LogP contribution in [-0.2, 0) is 4.79 Å². The molecule has 0 saturated heterocycles. The lowest BCUT2D eigenvalue weighted by Crippen LogP contribution is -2.58. The molecular formula is C20H29NO2. The van der Waals surface area contributed by atoms with Crippen molar-refractivity contribution in [2.75, 3.05) is 0 Å². The molecular weight excluding hydrogens is 286 g/mol. The zero-order valence-electron chi connectivity index (χ0n) is 14.3. The third kappa shape index (κ3) is 1.98. The van der Waals surface area contributed by atoms with Gasteiger partial charge in [-0.15, -0.1) is 0 Å². The lowest BCUT2D eigenvalue weighted by molar-refractivity contribution is -0.149. The van der Waals surface area contributed by atoms with Gasteiger partial charge >= 0.3 is 5.97 Å². The molecule has 7 atom stereocenters. The Balaban J connectivity index is 1.66. The van der Waals surface area contributed by atoms with Crippen LogP contribution in [-0.4, -0.2) is 17.1 Å². The van der Waals surface area contributed by atoms with Crippen LogP contribution >= 0.6 is 0 Å².